The molecule has 4 N–H and O–H groups in total. The van der Waals surface area contributed by atoms with Crippen molar-refractivity contribution in [2.75, 3.05) is 0 Å². The van der Waals surface area contributed by atoms with E-state index in [0.29, 0.717) is 0 Å². The number of nitrogens with zero attached hydrogens (tertiary/aromatic N) is 3. The Morgan fingerprint density at radius 3 is 2.19 bits per heavy atom. The molecule has 84 valence electrons. The first kappa shape index (κ1) is 11.4. The smallest absolute Gasteiger partial charge is 0.358 e. The number of hydrogen-bond acceptors (Lipinski definition) is 5. The van der Waals surface area contributed by atoms with Crippen LogP contribution in [0.15, 0.2) is 18.7 Å². The summed E-state index contributed by atoms with van der Waals surface area (Å²) in [5, 5.41) is 25.1. The van der Waals surface area contributed by atoms with E-state index in [4.69, 9.17) is 10.2 Å². The summed E-state index contributed by atoms with van der Waals surface area (Å²) in [6.45, 7) is 0. The summed E-state index contributed by atoms with van der Waals surface area (Å²) in [5.74, 6) is -2.05. The van der Waals surface area contributed by atoms with Crippen LogP contribution >= 0.6 is 0 Å². The second-order valence-corrected chi connectivity index (χ2v) is 2.43. The molecule has 0 atom stereocenters. The number of hydrogen-bond donors (Lipinski definition) is 4. The number of aromatic carboxylic acids is 2. The maximum atomic E-state index is 9.99. The van der Waals surface area contributed by atoms with E-state index in [1.807, 2.05) is 0 Å². The third kappa shape index (κ3) is 3.21. The second-order valence-electron chi connectivity index (χ2n) is 2.43. The third-order valence-electron chi connectivity index (χ3n) is 1.36. The van der Waals surface area contributed by atoms with Crippen LogP contribution in [0.2, 0.25) is 0 Å². The first-order chi connectivity index (χ1) is 7.61. The van der Waals surface area contributed by atoms with Gasteiger partial charge < -0.3 is 15.2 Å². The Balaban J connectivity index is 0.000000160. The zero-order valence-electron chi connectivity index (χ0n) is 7.78. The Morgan fingerprint density at radius 1 is 1.19 bits per heavy atom. The molecule has 0 aliphatic heterocycles. The molecule has 9 nitrogen and oxygen atoms in total. The van der Waals surface area contributed by atoms with Gasteiger partial charge in [-0.05, 0) is 0 Å². The molecule has 2 aromatic heterocycles. The van der Waals surface area contributed by atoms with Gasteiger partial charge in [-0.3, -0.25) is 0 Å². The quantitative estimate of drug-likeness (QED) is 0.544. The maximum absolute atomic E-state index is 9.99. The number of carboxylic acid groups (broad SMARTS) is 2. The molecular weight excluding hydrogens is 218 g/mol. The van der Waals surface area contributed by atoms with Crippen molar-refractivity contribution in [3.63, 3.8) is 0 Å². The monoisotopic (exact) mass is 225 g/mol. The molecule has 0 saturated heterocycles. The molecule has 9 heteroatoms. The van der Waals surface area contributed by atoms with Crippen LogP contribution in [0, 0.1) is 0 Å². The fourth-order valence-corrected chi connectivity index (χ4v) is 0.677. The molecule has 0 aromatic carbocycles. The van der Waals surface area contributed by atoms with Crippen LogP contribution < -0.4 is 0 Å². The van der Waals surface area contributed by atoms with Gasteiger partial charge in [-0.2, -0.15) is 10.3 Å². The van der Waals surface area contributed by atoms with Crippen LogP contribution in [0.5, 0.6) is 0 Å². The number of H-pyrrole nitrogens is 2. The average molecular weight is 225 g/mol. The van der Waals surface area contributed by atoms with Crippen molar-refractivity contribution < 1.29 is 19.8 Å². The third-order valence-corrected chi connectivity index (χ3v) is 1.36. The molecule has 2 heterocycles. The molecule has 16 heavy (non-hydrogen) atoms. The highest BCUT2D eigenvalue weighted by Gasteiger charge is 2.02. The Kier molecular flexibility index (Phi) is 3.72. The largest absolute Gasteiger partial charge is 0.477 e. The molecule has 0 aliphatic rings. The van der Waals surface area contributed by atoms with E-state index < -0.39 is 11.9 Å². The summed E-state index contributed by atoms with van der Waals surface area (Å²) in [7, 11) is 0. The van der Waals surface area contributed by atoms with Crippen molar-refractivity contribution in [3.05, 3.63) is 30.1 Å². The highest BCUT2D eigenvalue weighted by molar-refractivity contribution is 5.85. The van der Waals surface area contributed by atoms with Gasteiger partial charge >= 0.3 is 11.9 Å². The second kappa shape index (κ2) is 5.24. The SMILES string of the molecule is O=C(O)c1cn[nH]n1.O=C(O)c1cnc[nH]1. The van der Waals surface area contributed by atoms with E-state index in [-0.39, 0.29) is 11.4 Å². The van der Waals surface area contributed by atoms with Crippen molar-refractivity contribution in [1.29, 1.82) is 0 Å². The fourth-order valence-electron chi connectivity index (χ4n) is 0.677. The fraction of sp³-hybridized carbons (Fsp3) is 0. The van der Waals surface area contributed by atoms with Crippen molar-refractivity contribution >= 4 is 11.9 Å². The maximum Gasteiger partial charge on any atom is 0.358 e. The van der Waals surface area contributed by atoms with Gasteiger partial charge in [0, 0.05) is 0 Å². The minimum absolute atomic E-state index is 0.0648. The Bertz CT molecular complexity index is 405. The van der Waals surface area contributed by atoms with Gasteiger partial charge in [-0.25, -0.2) is 14.6 Å². The number of carboxylic acids is 2. The van der Waals surface area contributed by atoms with Crippen LogP contribution in [0.25, 0.3) is 0 Å². The average Bonchev–Trinajstić information content (AvgIpc) is 2.93. The standard InChI is InChI=1S/C4H4N2O2.C3H3N3O2/c7-4(8)3-1-5-2-6-3;7-3(8)2-1-4-6-5-2/h1-2H,(H,5,6)(H,7,8);1H,(H,7,8)(H,4,5,6). The molecule has 0 aliphatic carbocycles. The molecule has 0 unspecified atom stereocenters. The molecule has 0 bridgehead atoms. The van der Waals surface area contributed by atoms with Crippen LogP contribution in [-0.2, 0) is 0 Å². The Hall–Kier alpha value is -2.71. The number of aromatic amines is 2. The summed E-state index contributed by atoms with van der Waals surface area (Å²) >= 11 is 0. The summed E-state index contributed by atoms with van der Waals surface area (Å²) < 4.78 is 0. The lowest BCUT2D eigenvalue weighted by Gasteiger charge is -1.79. The normalized spacial score (nSPS) is 9.00. The summed E-state index contributed by atoms with van der Waals surface area (Å²) in [6.07, 6.45) is 3.72. The summed E-state index contributed by atoms with van der Waals surface area (Å²) in [6, 6.07) is 0. The van der Waals surface area contributed by atoms with Gasteiger partial charge in [0.05, 0.1) is 18.7 Å². The van der Waals surface area contributed by atoms with E-state index >= 15 is 0 Å². The predicted molar refractivity (Wildman–Crippen MR) is 48.9 cm³/mol. The van der Waals surface area contributed by atoms with Gasteiger partial charge in [0.1, 0.15) is 5.69 Å². The molecule has 0 saturated carbocycles. The van der Waals surface area contributed by atoms with Gasteiger partial charge in [-0.1, -0.05) is 0 Å². The number of nitrogens with one attached hydrogen (secondary N) is 2. The molecule has 0 amide bonds. The van der Waals surface area contributed by atoms with E-state index in [2.05, 4.69) is 25.4 Å². The molecule has 2 aromatic rings. The zero-order chi connectivity index (χ0) is 12.0. The summed E-state index contributed by atoms with van der Waals surface area (Å²) in [5.41, 5.74) is 0.0509. The van der Waals surface area contributed by atoms with E-state index in [9.17, 15) is 9.59 Å². The molecule has 0 radical (unpaired) electrons. The van der Waals surface area contributed by atoms with E-state index in [1.54, 1.807) is 0 Å². The molecule has 2 rings (SSSR count). The van der Waals surface area contributed by atoms with Crippen LogP contribution in [-0.4, -0.2) is 47.5 Å². The Labute approximate surface area is 88.1 Å². The molecule has 0 spiro atoms. The zero-order valence-corrected chi connectivity index (χ0v) is 7.78. The van der Waals surface area contributed by atoms with E-state index in [1.165, 1.54) is 12.5 Å². The minimum Gasteiger partial charge on any atom is -0.477 e. The number of rotatable bonds is 2. The lowest BCUT2D eigenvalue weighted by atomic mass is 10.5. The van der Waals surface area contributed by atoms with Crippen molar-refractivity contribution in [1.82, 2.24) is 25.4 Å². The highest BCUT2D eigenvalue weighted by atomic mass is 16.4. The van der Waals surface area contributed by atoms with Gasteiger partial charge in [0.2, 0.25) is 0 Å². The molecular formula is C7H7N5O4. The lowest BCUT2D eigenvalue weighted by molar-refractivity contribution is 0.0680. The highest BCUT2D eigenvalue weighted by Crippen LogP contribution is 1.87. The first-order valence-electron chi connectivity index (χ1n) is 3.92. The summed E-state index contributed by atoms with van der Waals surface area (Å²) in [4.78, 5) is 25.9. The van der Waals surface area contributed by atoms with Crippen LogP contribution in [0.4, 0.5) is 0 Å². The van der Waals surface area contributed by atoms with E-state index in [0.717, 1.165) is 6.20 Å². The van der Waals surface area contributed by atoms with Crippen LogP contribution in [0.3, 0.4) is 0 Å². The van der Waals surface area contributed by atoms with Crippen molar-refractivity contribution in [2.24, 2.45) is 0 Å². The van der Waals surface area contributed by atoms with Gasteiger partial charge in [-0.15, -0.1) is 5.10 Å². The number of aromatic nitrogens is 5. The van der Waals surface area contributed by atoms with Crippen molar-refractivity contribution in [2.45, 2.75) is 0 Å². The van der Waals surface area contributed by atoms with Crippen molar-refractivity contribution in [3.8, 4) is 0 Å². The number of imidazole rings is 1. The van der Waals surface area contributed by atoms with Gasteiger partial charge in [0.15, 0.2) is 5.69 Å². The lowest BCUT2D eigenvalue weighted by Crippen LogP contribution is -1.95. The first-order valence-corrected chi connectivity index (χ1v) is 3.92. The molecule has 0 fully saturated rings. The predicted octanol–water partition coefficient (Wildman–Crippen LogP) is -0.389. The van der Waals surface area contributed by atoms with Gasteiger partial charge in [0.25, 0.3) is 0 Å². The topological polar surface area (TPSA) is 145 Å². The Morgan fingerprint density at radius 2 is 1.94 bits per heavy atom. The minimum atomic E-state index is -1.07. The number of carbonyl (C=O) groups is 2. The van der Waals surface area contributed by atoms with Crippen LogP contribution in [0.1, 0.15) is 21.0 Å².